The molecule has 8 heteroatoms. The Morgan fingerprint density at radius 3 is 3.11 bits per heavy atom. The minimum atomic E-state index is 0.378. The summed E-state index contributed by atoms with van der Waals surface area (Å²) in [5.41, 5.74) is 6.57. The Labute approximate surface area is 106 Å². The molecule has 0 amide bonds. The number of hydrogen-bond acceptors (Lipinski definition) is 7. The van der Waals surface area contributed by atoms with E-state index in [-0.39, 0.29) is 0 Å². The summed E-state index contributed by atoms with van der Waals surface area (Å²) in [6.45, 7) is 0.378. The van der Waals surface area contributed by atoms with Crippen LogP contribution in [0.3, 0.4) is 0 Å². The van der Waals surface area contributed by atoms with E-state index in [1.165, 1.54) is 11.3 Å². The van der Waals surface area contributed by atoms with Crippen LogP contribution in [-0.4, -0.2) is 31.9 Å². The number of fused-ring (bicyclic) bond motifs is 1. The zero-order valence-electron chi connectivity index (χ0n) is 9.57. The van der Waals surface area contributed by atoms with E-state index in [9.17, 15) is 0 Å². The highest BCUT2D eigenvalue weighted by Crippen LogP contribution is 2.25. The van der Waals surface area contributed by atoms with Crippen molar-refractivity contribution in [2.45, 2.75) is 6.61 Å². The molecule has 0 aliphatic heterocycles. The fraction of sp³-hybridized carbons (Fsp3) is 0.200. The molecule has 2 N–H and O–H groups in total. The minimum Gasteiger partial charge on any atom is -0.384 e. The summed E-state index contributed by atoms with van der Waals surface area (Å²) in [6, 6.07) is 3.64. The molecule has 0 spiro atoms. The number of rotatable bonds is 3. The van der Waals surface area contributed by atoms with Crippen LogP contribution in [0.4, 0.5) is 5.82 Å². The summed E-state index contributed by atoms with van der Waals surface area (Å²) >= 11 is 1.45. The van der Waals surface area contributed by atoms with Crippen molar-refractivity contribution < 1.29 is 4.74 Å². The Kier molecular flexibility index (Phi) is 2.65. The number of pyridine rings is 1. The molecular formula is C10H10N6OS. The molecule has 18 heavy (non-hydrogen) atoms. The van der Waals surface area contributed by atoms with E-state index >= 15 is 0 Å². The van der Waals surface area contributed by atoms with Crippen LogP contribution in [0.5, 0.6) is 0 Å². The first kappa shape index (κ1) is 11.1. The number of ether oxygens (including phenoxy) is 1. The van der Waals surface area contributed by atoms with E-state index in [1.807, 2.05) is 6.07 Å². The van der Waals surface area contributed by atoms with E-state index in [2.05, 4.69) is 20.3 Å². The SMILES string of the molecule is COCc1nnc2sc(-c3ccnc(N)c3)nn12. The maximum atomic E-state index is 5.65. The van der Waals surface area contributed by atoms with Crippen LogP contribution in [0.25, 0.3) is 15.5 Å². The van der Waals surface area contributed by atoms with Gasteiger partial charge in [-0.15, -0.1) is 10.2 Å². The van der Waals surface area contributed by atoms with Crippen LogP contribution in [0.1, 0.15) is 5.82 Å². The van der Waals surface area contributed by atoms with Crippen molar-refractivity contribution in [1.29, 1.82) is 0 Å². The van der Waals surface area contributed by atoms with Crippen LogP contribution in [-0.2, 0) is 11.3 Å². The first-order valence-electron chi connectivity index (χ1n) is 5.20. The first-order chi connectivity index (χ1) is 8.78. The van der Waals surface area contributed by atoms with Crippen LogP contribution >= 0.6 is 11.3 Å². The molecule has 0 aliphatic carbocycles. The second kappa shape index (κ2) is 4.31. The van der Waals surface area contributed by atoms with Gasteiger partial charge in [0.15, 0.2) is 5.82 Å². The van der Waals surface area contributed by atoms with Gasteiger partial charge in [0, 0.05) is 18.9 Å². The van der Waals surface area contributed by atoms with Crippen molar-refractivity contribution >= 4 is 22.1 Å². The number of methoxy groups -OCH3 is 1. The van der Waals surface area contributed by atoms with E-state index in [1.54, 1.807) is 23.9 Å². The largest absolute Gasteiger partial charge is 0.384 e. The third kappa shape index (κ3) is 1.81. The molecule has 0 atom stereocenters. The van der Waals surface area contributed by atoms with Crippen molar-refractivity contribution in [2.24, 2.45) is 0 Å². The lowest BCUT2D eigenvalue weighted by Gasteiger charge is -1.96. The smallest absolute Gasteiger partial charge is 0.235 e. The van der Waals surface area contributed by atoms with E-state index in [0.717, 1.165) is 15.5 Å². The summed E-state index contributed by atoms with van der Waals surface area (Å²) in [6.07, 6.45) is 1.66. The predicted molar refractivity (Wildman–Crippen MR) is 67.0 cm³/mol. The van der Waals surface area contributed by atoms with Crippen LogP contribution < -0.4 is 5.73 Å². The standard InChI is InChI=1S/C10H10N6OS/c1-17-5-8-13-14-10-16(8)15-9(18-10)6-2-3-12-7(11)4-6/h2-4H,5H2,1H3,(H2,11,12). The van der Waals surface area contributed by atoms with Gasteiger partial charge in [0.2, 0.25) is 4.96 Å². The van der Waals surface area contributed by atoms with Crippen LogP contribution in [0.2, 0.25) is 0 Å². The molecule has 0 radical (unpaired) electrons. The maximum Gasteiger partial charge on any atom is 0.235 e. The third-order valence-electron chi connectivity index (χ3n) is 2.36. The first-order valence-corrected chi connectivity index (χ1v) is 6.01. The topological polar surface area (TPSA) is 91.2 Å². The quantitative estimate of drug-likeness (QED) is 0.756. The van der Waals surface area contributed by atoms with E-state index in [0.29, 0.717) is 18.2 Å². The summed E-state index contributed by atoms with van der Waals surface area (Å²) in [7, 11) is 1.61. The highest BCUT2D eigenvalue weighted by atomic mass is 32.1. The predicted octanol–water partition coefficient (Wildman–Crippen LogP) is 0.976. The van der Waals surface area contributed by atoms with Crippen LogP contribution in [0.15, 0.2) is 18.3 Å². The van der Waals surface area contributed by atoms with Gasteiger partial charge in [-0.25, -0.2) is 4.98 Å². The van der Waals surface area contributed by atoms with Crippen molar-refractivity contribution in [2.75, 3.05) is 12.8 Å². The lowest BCUT2D eigenvalue weighted by molar-refractivity contribution is 0.176. The van der Waals surface area contributed by atoms with Gasteiger partial charge in [-0.3, -0.25) is 0 Å². The van der Waals surface area contributed by atoms with Gasteiger partial charge in [0.05, 0.1) is 0 Å². The molecule has 0 saturated carbocycles. The van der Waals surface area contributed by atoms with Gasteiger partial charge >= 0.3 is 0 Å². The van der Waals surface area contributed by atoms with Gasteiger partial charge in [0.25, 0.3) is 0 Å². The second-order valence-electron chi connectivity index (χ2n) is 3.62. The van der Waals surface area contributed by atoms with Crippen molar-refractivity contribution in [3.05, 3.63) is 24.2 Å². The Hall–Kier alpha value is -2.06. The lowest BCUT2D eigenvalue weighted by Crippen LogP contribution is -1.97. The number of nitrogens with zero attached hydrogens (tertiary/aromatic N) is 5. The molecular weight excluding hydrogens is 252 g/mol. The average molecular weight is 262 g/mol. The van der Waals surface area contributed by atoms with Gasteiger partial charge in [-0.05, 0) is 12.1 Å². The Bertz CT molecular complexity index is 691. The van der Waals surface area contributed by atoms with Crippen molar-refractivity contribution in [1.82, 2.24) is 24.8 Å². The van der Waals surface area contributed by atoms with E-state index in [4.69, 9.17) is 10.5 Å². The fourth-order valence-electron chi connectivity index (χ4n) is 1.57. The van der Waals surface area contributed by atoms with Gasteiger partial charge in [-0.1, -0.05) is 11.3 Å². The Morgan fingerprint density at radius 1 is 1.44 bits per heavy atom. The van der Waals surface area contributed by atoms with Crippen molar-refractivity contribution in [3.63, 3.8) is 0 Å². The molecule has 0 saturated heterocycles. The highest BCUT2D eigenvalue weighted by Gasteiger charge is 2.12. The number of nitrogen functional groups attached to an aromatic ring is 1. The Balaban J connectivity index is 2.08. The molecule has 92 valence electrons. The molecule has 3 rings (SSSR count). The Morgan fingerprint density at radius 2 is 2.33 bits per heavy atom. The highest BCUT2D eigenvalue weighted by molar-refractivity contribution is 7.19. The monoisotopic (exact) mass is 262 g/mol. The molecule has 0 fully saturated rings. The summed E-state index contributed by atoms with van der Waals surface area (Å²) < 4.78 is 6.72. The number of nitrogens with two attached hydrogens (primary N) is 1. The van der Waals surface area contributed by atoms with Crippen LogP contribution in [0, 0.1) is 0 Å². The molecule has 3 aromatic rings. The van der Waals surface area contributed by atoms with Gasteiger partial charge in [0.1, 0.15) is 17.4 Å². The molecule has 0 aliphatic rings. The molecule has 0 unspecified atom stereocenters. The van der Waals surface area contributed by atoms with E-state index < -0.39 is 0 Å². The summed E-state index contributed by atoms with van der Waals surface area (Å²) in [4.78, 5) is 4.68. The summed E-state index contributed by atoms with van der Waals surface area (Å²) in [5, 5.41) is 13.3. The number of hydrogen-bond donors (Lipinski definition) is 1. The second-order valence-corrected chi connectivity index (χ2v) is 4.58. The average Bonchev–Trinajstić information content (AvgIpc) is 2.92. The lowest BCUT2D eigenvalue weighted by atomic mass is 10.3. The molecule has 3 aromatic heterocycles. The maximum absolute atomic E-state index is 5.65. The molecule has 7 nitrogen and oxygen atoms in total. The fourth-order valence-corrected chi connectivity index (χ4v) is 2.43. The summed E-state index contributed by atoms with van der Waals surface area (Å²) in [5.74, 6) is 1.15. The number of anilines is 1. The zero-order valence-corrected chi connectivity index (χ0v) is 10.4. The zero-order chi connectivity index (χ0) is 12.5. The van der Waals surface area contributed by atoms with Gasteiger partial charge < -0.3 is 10.5 Å². The molecule has 0 aromatic carbocycles. The normalized spacial score (nSPS) is 11.2. The van der Waals surface area contributed by atoms with Gasteiger partial charge in [-0.2, -0.15) is 9.61 Å². The third-order valence-corrected chi connectivity index (χ3v) is 3.30. The van der Waals surface area contributed by atoms with Crippen molar-refractivity contribution in [3.8, 4) is 10.6 Å². The number of aromatic nitrogens is 5. The molecule has 3 heterocycles. The molecule has 0 bridgehead atoms. The minimum absolute atomic E-state index is 0.378.